The van der Waals surface area contributed by atoms with Crippen LogP contribution in [-0.2, 0) is 4.74 Å². The van der Waals surface area contributed by atoms with Gasteiger partial charge in [-0.2, -0.15) is 0 Å². The molecule has 0 atom stereocenters. The standard InChI is InChI=1S/C21H33FN4O3/c1-5-25-11-13-26(14-12-25)18-8-7-16(15-17(18)22)19(27)23-9-6-10-24-20(28)29-21(2,3)4/h7-8,15H,5-6,9-14H2,1-4H3,(H,23,27)(H,24,28). The van der Waals surface area contributed by atoms with Gasteiger partial charge in [-0.25, -0.2) is 9.18 Å². The maximum atomic E-state index is 14.5. The van der Waals surface area contributed by atoms with Crippen LogP contribution in [0, 0.1) is 5.82 Å². The smallest absolute Gasteiger partial charge is 0.407 e. The summed E-state index contributed by atoms with van der Waals surface area (Å²) in [4.78, 5) is 28.1. The number of halogens is 1. The third kappa shape index (κ3) is 7.53. The van der Waals surface area contributed by atoms with Gasteiger partial charge in [0.1, 0.15) is 11.4 Å². The Kier molecular flexibility index (Phi) is 8.25. The Balaban J connectivity index is 1.76. The molecule has 0 spiro atoms. The van der Waals surface area contributed by atoms with Gasteiger partial charge < -0.3 is 25.2 Å². The van der Waals surface area contributed by atoms with Crippen molar-refractivity contribution in [3.8, 4) is 0 Å². The van der Waals surface area contributed by atoms with E-state index in [2.05, 4.69) is 22.5 Å². The number of hydrogen-bond donors (Lipinski definition) is 2. The maximum Gasteiger partial charge on any atom is 0.407 e. The van der Waals surface area contributed by atoms with Gasteiger partial charge in [0, 0.05) is 44.8 Å². The first-order valence-corrected chi connectivity index (χ1v) is 10.2. The summed E-state index contributed by atoms with van der Waals surface area (Å²) in [5.74, 6) is -0.710. The van der Waals surface area contributed by atoms with Crippen molar-refractivity contribution in [2.24, 2.45) is 0 Å². The minimum absolute atomic E-state index is 0.290. The summed E-state index contributed by atoms with van der Waals surface area (Å²) in [5.41, 5.74) is 0.287. The zero-order chi connectivity index (χ0) is 21.4. The largest absolute Gasteiger partial charge is 0.444 e. The topological polar surface area (TPSA) is 73.9 Å². The molecule has 1 aliphatic rings. The molecule has 162 valence electrons. The van der Waals surface area contributed by atoms with E-state index >= 15 is 0 Å². The number of benzene rings is 1. The number of piperazine rings is 1. The first kappa shape index (κ1) is 22.9. The van der Waals surface area contributed by atoms with Gasteiger partial charge in [-0.15, -0.1) is 0 Å². The monoisotopic (exact) mass is 408 g/mol. The van der Waals surface area contributed by atoms with Crippen LogP contribution in [-0.4, -0.2) is 68.3 Å². The Morgan fingerprint density at radius 2 is 1.76 bits per heavy atom. The Morgan fingerprint density at radius 1 is 1.10 bits per heavy atom. The van der Waals surface area contributed by atoms with E-state index in [1.807, 2.05) is 4.90 Å². The molecule has 2 amide bonds. The second-order valence-electron chi connectivity index (χ2n) is 8.13. The Hall–Kier alpha value is -2.35. The van der Waals surface area contributed by atoms with E-state index in [1.54, 1.807) is 32.9 Å². The number of carbonyl (C=O) groups is 2. The molecular weight excluding hydrogens is 375 g/mol. The number of likely N-dealkylation sites (N-methyl/N-ethyl adjacent to an activating group) is 1. The number of rotatable bonds is 7. The predicted octanol–water partition coefficient (Wildman–Crippen LogP) is 2.61. The van der Waals surface area contributed by atoms with Crippen LogP contribution in [0.4, 0.5) is 14.9 Å². The molecule has 1 fully saturated rings. The minimum atomic E-state index is -0.544. The molecule has 0 bridgehead atoms. The minimum Gasteiger partial charge on any atom is -0.444 e. The van der Waals surface area contributed by atoms with Crippen molar-refractivity contribution in [2.45, 2.75) is 39.7 Å². The van der Waals surface area contributed by atoms with E-state index in [-0.39, 0.29) is 11.7 Å². The summed E-state index contributed by atoms with van der Waals surface area (Å²) in [6.07, 6.45) is 0.0639. The lowest BCUT2D eigenvalue weighted by molar-refractivity contribution is 0.0527. The highest BCUT2D eigenvalue weighted by atomic mass is 19.1. The average Bonchev–Trinajstić information content (AvgIpc) is 2.66. The number of nitrogens with zero attached hydrogens (tertiary/aromatic N) is 2. The van der Waals surface area contributed by atoms with Crippen molar-refractivity contribution < 1.29 is 18.7 Å². The van der Waals surface area contributed by atoms with Crippen LogP contribution in [0.3, 0.4) is 0 Å². The van der Waals surface area contributed by atoms with Gasteiger partial charge in [0.05, 0.1) is 5.69 Å². The van der Waals surface area contributed by atoms with Crippen molar-refractivity contribution in [1.29, 1.82) is 0 Å². The van der Waals surface area contributed by atoms with Gasteiger partial charge >= 0.3 is 6.09 Å². The number of anilines is 1. The molecule has 0 radical (unpaired) electrons. The third-order valence-electron chi connectivity index (χ3n) is 4.68. The first-order valence-electron chi connectivity index (χ1n) is 10.2. The maximum absolute atomic E-state index is 14.5. The second-order valence-corrected chi connectivity index (χ2v) is 8.13. The van der Waals surface area contributed by atoms with Crippen molar-refractivity contribution in [3.63, 3.8) is 0 Å². The highest BCUT2D eigenvalue weighted by Crippen LogP contribution is 2.22. The van der Waals surface area contributed by atoms with Crippen LogP contribution in [0.25, 0.3) is 0 Å². The summed E-state index contributed by atoms with van der Waals surface area (Å²) in [7, 11) is 0. The fourth-order valence-electron chi connectivity index (χ4n) is 3.11. The fourth-order valence-corrected chi connectivity index (χ4v) is 3.11. The van der Waals surface area contributed by atoms with Gasteiger partial charge in [0.25, 0.3) is 5.91 Å². The summed E-state index contributed by atoms with van der Waals surface area (Å²) >= 11 is 0. The molecule has 29 heavy (non-hydrogen) atoms. The van der Waals surface area contributed by atoms with E-state index in [4.69, 9.17) is 4.74 Å². The molecule has 7 nitrogen and oxygen atoms in total. The van der Waals surface area contributed by atoms with Gasteiger partial charge in [0.2, 0.25) is 0 Å². The first-order chi connectivity index (χ1) is 13.7. The van der Waals surface area contributed by atoms with Crippen LogP contribution in [0.1, 0.15) is 44.5 Å². The van der Waals surface area contributed by atoms with Crippen LogP contribution in [0.5, 0.6) is 0 Å². The van der Waals surface area contributed by atoms with Gasteiger partial charge in [0.15, 0.2) is 0 Å². The van der Waals surface area contributed by atoms with E-state index in [0.29, 0.717) is 30.8 Å². The molecule has 1 aromatic carbocycles. The van der Waals surface area contributed by atoms with Crippen molar-refractivity contribution >= 4 is 17.7 Å². The van der Waals surface area contributed by atoms with E-state index in [0.717, 1.165) is 32.7 Å². The molecule has 0 aromatic heterocycles. The molecule has 0 aliphatic carbocycles. The molecule has 1 saturated heterocycles. The number of amides is 2. The molecular formula is C21H33FN4O3. The third-order valence-corrected chi connectivity index (χ3v) is 4.68. The van der Waals surface area contributed by atoms with Crippen molar-refractivity contribution in [1.82, 2.24) is 15.5 Å². The van der Waals surface area contributed by atoms with E-state index in [9.17, 15) is 14.0 Å². The number of alkyl carbamates (subject to hydrolysis) is 1. The Morgan fingerprint density at radius 3 is 2.34 bits per heavy atom. The highest BCUT2D eigenvalue weighted by molar-refractivity contribution is 5.94. The summed E-state index contributed by atoms with van der Waals surface area (Å²) < 4.78 is 19.7. The van der Waals surface area contributed by atoms with Crippen molar-refractivity contribution in [3.05, 3.63) is 29.6 Å². The lowest BCUT2D eigenvalue weighted by atomic mass is 10.1. The van der Waals surface area contributed by atoms with Crippen LogP contribution in [0.15, 0.2) is 18.2 Å². The summed E-state index contributed by atoms with van der Waals surface area (Å²) in [5, 5.41) is 5.37. The van der Waals surface area contributed by atoms with Crippen LogP contribution < -0.4 is 15.5 Å². The van der Waals surface area contributed by atoms with E-state index < -0.39 is 11.7 Å². The molecule has 1 aromatic rings. The summed E-state index contributed by atoms with van der Waals surface area (Å²) in [6.45, 7) is 12.6. The second kappa shape index (κ2) is 10.4. The van der Waals surface area contributed by atoms with Gasteiger partial charge in [-0.05, 0) is 51.9 Å². The predicted molar refractivity (Wildman–Crippen MR) is 112 cm³/mol. The SMILES string of the molecule is CCN1CCN(c2ccc(C(=O)NCCCNC(=O)OC(C)(C)C)cc2F)CC1. The Labute approximate surface area is 172 Å². The van der Waals surface area contributed by atoms with E-state index in [1.165, 1.54) is 6.07 Å². The highest BCUT2D eigenvalue weighted by Gasteiger charge is 2.19. The van der Waals surface area contributed by atoms with Crippen LogP contribution in [0.2, 0.25) is 0 Å². The molecule has 2 rings (SSSR count). The average molecular weight is 409 g/mol. The van der Waals surface area contributed by atoms with Crippen LogP contribution >= 0.6 is 0 Å². The molecule has 2 N–H and O–H groups in total. The normalized spacial score (nSPS) is 15.1. The number of ether oxygens (including phenoxy) is 1. The zero-order valence-corrected chi connectivity index (χ0v) is 17.9. The Bertz CT molecular complexity index is 698. The molecule has 8 heteroatoms. The summed E-state index contributed by atoms with van der Waals surface area (Å²) in [6, 6.07) is 4.62. The number of nitrogens with one attached hydrogen (secondary N) is 2. The van der Waals surface area contributed by atoms with Gasteiger partial charge in [-0.1, -0.05) is 6.92 Å². The van der Waals surface area contributed by atoms with Gasteiger partial charge in [-0.3, -0.25) is 4.79 Å². The zero-order valence-electron chi connectivity index (χ0n) is 17.9. The molecule has 0 unspecified atom stereocenters. The van der Waals surface area contributed by atoms with Crippen molar-refractivity contribution in [2.75, 3.05) is 50.7 Å². The molecule has 1 heterocycles. The lowest BCUT2D eigenvalue weighted by Gasteiger charge is -2.35. The molecule has 0 saturated carbocycles. The number of hydrogen-bond acceptors (Lipinski definition) is 5. The lowest BCUT2D eigenvalue weighted by Crippen LogP contribution is -2.46. The quantitative estimate of drug-likeness (QED) is 0.679. The molecule has 1 aliphatic heterocycles. The fraction of sp³-hybridized carbons (Fsp3) is 0.619. The number of carbonyl (C=O) groups excluding carboxylic acids is 2.